The maximum atomic E-state index is 13.6. The van der Waals surface area contributed by atoms with Crippen LogP contribution in [-0.4, -0.2) is 0 Å². The summed E-state index contributed by atoms with van der Waals surface area (Å²) in [5.74, 6) is -0.186. The van der Waals surface area contributed by atoms with Crippen LogP contribution in [0.25, 0.3) is 0 Å². The molecule has 0 heterocycles. The highest BCUT2D eigenvalue weighted by Crippen LogP contribution is 2.21. The molecule has 1 nitrogen and oxygen atoms in total. The van der Waals surface area contributed by atoms with Crippen LogP contribution in [0.4, 0.5) is 4.39 Å². The molecule has 0 aliphatic carbocycles. The lowest BCUT2D eigenvalue weighted by atomic mass is 9.95. The molecule has 0 fully saturated rings. The van der Waals surface area contributed by atoms with E-state index in [1.807, 2.05) is 6.07 Å². The van der Waals surface area contributed by atoms with Crippen molar-refractivity contribution in [2.24, 2.45) is 5.73 Å². The zero-order chi connectivity index (χ0) is 14.0. The Hall–Kier alpha value is -1.67. The third-order valence-electron chi connectivity index (χ3n) is 3.57. The van der Waals surface area contributed by atoms with E-state index >= 15 is 0 Å². The van der Waals surface area contributed by atoms with Crippen LogP contribution < -0.4 is 5.73 Å². The zero-order valence-corrected chi connectivity index (χ0v) is 11.7. The quantitative estimate of drug-likeness (QED) is 0.884. The third-order valence-corrected chi connectivity index (χ3v) is 3.57. The van der Waals surface area contributed by atoms with Crippen LogP contribution in [0.2, 0.25) is 0 Å². The van der Waals surface area contributed by atoms with Gasteiger partial charge >= 0.3 is 0 Å². The molecule has 2 heteroatoms. The fourth-order valence-corrected chi connectivity index (χ4v) is 2.21. The third kappa shape index (κ3) is 3.21. The summed E-state index contributed by atoms with van der Waals surface area (Å²) in [7, 11) is 0. The number of benzene rings is 2. The van der Waals surface area contributed by atoms with E-state index in [9.17, 15) is 4.39 Å². The first-order valence-electron chi connectivity index (χ1n) is 6.55. The molecule has 0 aliphatic rings. The molecule has 1 atom stereocenters. The van der Waals surface area contributed by atoms with Gasteiger partial charge in [0.1, 0.15) is 5.82 Å². The number of halogens is 1. The minimum atomic E-state index is -0.186. The van der Waals surface area contributed by atoms with Crippen LogP contribution in [-0.2, 0) is 6.42 Å². The Morgan fingerprint density at radius 1 is 1.00 bits per heavy atom. The van der Waals surface area contributed by atoms with Gasteiger partial charge in [-0.25, -0.2) is 4.39 Å². The van der Waals surface area contributed by atoms with Crippen LogP contribution in [0, 0.1) is 26.6 Å². The monoisotopic (exact) mass is 257 g/mol. The first-order chi connectivity index (χ1) is 8.97. The fraction of sp³-hybridized carbons (Fsp3) is 0.294. The van der Waals surface area contributed by atoms with Crippen molar-refractivity contribution in [3.63, 3.8) is 0 Å². The van der Waals surface area contributed by atoms with Gasteiger partial charge in [0.15, 0.2) is 0 Å². The second-order valence-electron chi connectivity index (χ2n) is 5.25. The van der Waals surface area contributed by atoms with E-state index in [1.165, 1.54) is 16.7 Å². The normalized spacial score (nSPS) is 12.5. The summed E-state index contributed by atoms with van der Waals surface area (Å²) in [5.41, 5.74) is 11.4. The lowest BCUT2D eigenvalue weighted by molar-refractivity contribution is 0.609. The average molecular weight is 257 g/mol. The molecule has 2 rings (SSSR count). The van der Waals surface area contributed by atoms with Crippen molar-refractivity contribution < 1.29 is 4.39 Å². The minimum absolute atomic E-state index is 0.171. The molecule has 0 bridgehead atoms. The number of hydrogen-bond donors (Lipinski definition) is 1. The van der Waals surface area contributed by atoms with Gasteiger partial charge in [-0.1, -0.05) is 35.9 Å². The van der Waals surface area contributed by atoms with Crippen LogP contribution in [0.1, 0.15) is 33.9 Å². The molecule has 0 aliphatic heterocycles. The molecule has 0 aromatic heterocycles. The van der Waals surface area contributed by atoms with Crippen LogP contribution in [0.3, 0.4) is 0 Å². The van der Waals surface area contributed by atoms with Crippen molar-refractivity contribution in [1.29, 1.82) is 0 Å². The van der Waals surface area contributed by atoms with Crippen molar-refractivity contribution in [3.05, 3.63) is 70.0 Å². The maximum Gasteiger partial charge on any atom is 0.126 e. The van der Waals surface area contributed by atoms with Crippen LogP contribution >= 0.6 is 0 Å². The molecule has 19 heavy (non-hydrogen) atoms. The van der Waals surface area contributed by atoms with E-state index in [0.717, 1.165) is 12.0 Å². The predicted molar refractivity (Wildman–Crippen MR) is 77.7 cm³/mol. The van der Waals surface area contributed by atoms with Crippen LogP contribution in [0.5, 0.6) is 0 Å². The van der Waals surface area contributed by atoms with Gasteiger partial charge in [0, 0.05) is 6.04 Å². The first kappa shape index (κ1) is 13.8. The molecule has 0 saturated heterocycles. The van der Waals surface area contributed by atoms with Gasteiger partial charge in [0.05, 0.1) is 0 Å². The Morgan fingerprint density at radius 3 is 2.37 bits per heavy atom. The molecule has 1 unspecified atom stereocenters. The van der Waals surface area contributed by atoms with Gasteiger partial charge in [-0.05, 0) is 55.5 Å². The maximum absolute atomic E-state index is 13.6. The Labute approximate surface area is 114 Å². The Bertz CT molecular complexity index is 590. The van der Waals surface area contributed by atoms with E-state index in [0.29, 0.717) is 5.56 Å². The van der Waals surface area contributed by atoms with Crippen molar-refractivity contribution in [3.8, 4) is 0 Å². The molecule has 2 aromatic carbocycles. The summed E-state index contributed by atoms with van der Waals surface area (Å²) in [4.78, 5) is 0. The van der Waals surface area contributed by atoms with Crippen LogP contribution in [0.15, 0.2) is 36.4 Å². The molecule has 100 valence electrons. The standard InChI is InChI=1S/C17H20FN/c1-11-4-5-12(2)15(8-11)10-17(19)14-7-6-13(3)16(18)9-14/h4-9,17H,10,19H2,1-3H3. The lowest BCUT2D eigenvalue weighted by Gasteiger charge is -2.15. The summed E-state index contributed by atoms with van der Waals surface area (Å²) in [6.07, 6.45) is 0.732. The highest BCUT2D eigenvalue weighted by Gasteiger charge is 2.10. The summed E-state index contributed by atoms with van der Waals surface area (Å²) in [6.45, 7) is 5.91. The molecule has 0 radical (unpaired) electrons. The van der Waals surface area contributed by atoms with Crippen molar-refractivity contribution in [1.82, 2.24) is 0 Å². The highest BCUT2D eigenvalue weighted by atomic mass is 19.1. The van der Waals surface area contributed by atoms with Crippen molar-refractivity contribution >= 4 is 0 Å². The van der Waals surface area contributed by atoms with E-state index < -0.39 is 0 Å². The van der Waals surface area contributed by atoms with Gasteiger partial charge in [0.2, 0.25) is 0 Å². The van der Waals surface area contributed by atoms with E-state index in [-0.39, 0.29) is 11.9 Å². The Morgan fingerprint density at radius 2 is 1.68 bits per heavy atom. The Balaban J connectivity index is 2.22. The number of nitrogens with two attached hydrogens (primary N) is 1. The van der Waals surface area contributed by atoms with Crippen molar-refractivity contribution in [2.45, 2.75) is 33.2 Å². The molecule has 0 spiro atoms. The van der Waals surface area contributed by atoms with Gasteiger partial charge < -0.3 is 5.73 Å². The summed E-state index contributed by atoms with van der Waals surface area (Å²) < 4.78 is 13.6. The fourth-order valence-electron chi connectivity index (χ4n) is 2.21. The molecule has 0 amide bonds. The van der Waals surface area contributed by atoms with E-state index in [2.05, 4.69) is 32.0 Å². The van der Waals surface area contributed by atoms with Gasteiger partial charge in [-0.3, -0.25) is 0 Å². The molecular formula is C17H20FN. The highest BCUT2D eigenvalue weighted by molar-refractivity contribution is 5.33. The minimum Gasteiger partial charge on any atom is -0.324 e. The largest absolute Gasteiger partial charge is 0.324 e. The second kappa shape index (κ2) is 5.54. The number of rotatable bonds is 3. The van der Waals surface area contributed by atoms with Crippen molar-refractivity contribution in [2.75, 3.05) is 0 Å². The molecular weight excluding hydrogens is 237 g/mol. The first-order valence-corrected chi connectivity index (χ1v) is 6.55. The average Bonchev–Trinajstić information content (AvgIpc) is 2.37. The van der Waals surface area contributed by atoms with E-state index in [4.69, 9.17) is 5.73 Å². The Kier molecular flexibility index (Phi) is 4.01. The molecule has 0 saturated carbocycles. The molecule has 2 aromatic rings. The summed E-state index contributed by atoms with van der Waals surface area (Å²) in [6, 6.07) is 11.4. The van der Waals surface area contributed by atoms with E-state index in [1.54, 1.807) is 19.1 Å². The SMILES string of the molecule is Cc1ccc(C)c(CC(N)c2ccc(C)c(F)c2)c1. The van der Waals surface area contributed by atoms with Gasteiger partial charge in [-0.2, -0.15) is 0 Å². The second-order valence-corrected chi connectivity index (χ2v) is 5.25. The predicted octanol–water partition coefficient (Wildman–Crippen LogP) is 3.99. The smallest absolute Gasteiger partial charge is 0.126 e. The molecule has 2 N–H and O–H groups in total. The topological polar surface area (TPSA) is 26.0 Å². The lowest BCUT2D eigenvalue weighted by Crippen LogP contribution is -2.14. The number of hydrogen-bond acceptors (Lipinski definition) is 1. The number of aryl methyl sites for hydroxylation is 3. The van der Waals surface area contributed by atoms with Gasteiger partial charge in [-0.15, -0.1) is 0 Å². The zero-order valence-electron chi connectivity index (χ0n) is 11.7. The summed E-state index contributed by atoms with van der Waals surface area (Å²) in [5, 5.41) is 0. The van der Waals surface area contributed by atoms with Gasteiger partial charge in [0.25, 0.3) is 0 Å². The summed E-state index contributed by atoms with van der Waals surface area (Å²) >= 11 is 0.